The lowest BCUT2D eigenvalue weighted by Gasteiger charge is -2.36. The summed E-state index contributed by atoms with van der Waals surface area (Å²) in [5, 5.41) is 7.63. The molecule has 0 bridgehead atoms. The largest absolute Gasteiger partial charge is 0.442 e. The molecule has 34 heavy (non-hydrogen) atoms. The van der Waals surface area contributed by atoms with Crippen LogP contribution in [0.5, 0.6) is 0 Å². The number of aryl methyl sites for hydroxylation is 1. The summed E-state index contributed by atoms with van der Waals surface area (Å²) in [5.41, 5.74) is 2.55. The Kier molecular flexibility index (Phi) is 5.87. The van der Waals surface area contributed by atoms with Gasteiger partial charge in [-0.25, -0.2) is 13.9 Å². The summed E-state index contributed by atoms with van der Waals surface area (Å²) in [6.45, 7) is 4.69. The summed E-state index contributed by atoms with van der Waals surface area (Å²) >= 11 is 0. The van der Waals surface area contributed by atoms with Crippen molar-refractivity contribution in [3.63, 3.8) is 0 Å². The number of amides is 2. The van der Waals surface area contributed by atoms with Crippen LogP contribution in [0, 0.1) is 12.7 Å². The van der Waals surface area contributed by atoms with E-state index in [-0.39, 0.29) is 5.91 Å². The Morgan fingerprint density at radius 3 is 2.65 bits per heavy atom. The third-order valence-corrected chi connectivity index (χ3v) is 6.26. The molecular formula is C24H25FN6O3. The van der Waals surface area contributed by atoms with E-state index in [0.29, 0.717) is 56.2 Å². The number of aromatic nitrogens is 3. The molecule has 176 valence electrons. The minimum atomic E-state index is -0.513. The molecule has 1 atom stereocenters. The number of halogens is 1. The standard InChI is InChI=1S/C24H25FN6O3/c1-17-4-2-3-5-20(17)23(32)29-12-10-28(11-13-29)22-7-6-18(14-21(22)25)31-16-19(34-24(31)33)15-30-9-8-26-27-30/h2-9,14,19H,10-13,15-16H2,1H3/t19-/m0/s1. The van der Waals surface area contributed by atoms with Gasteiger partial charge in [0.25, 0.3) is 5.91 Å². The van der Waals surface area contributed by atoms with E-state index < -0.39 is 18.0 Å². The summed E-state index contributed by atoms with van der Waals surface area (Å²) in [7, 11) is 0. The zero-order chi connectivity index (χ0) is 23.7. The molecule has 0 radical (unpaired) electrons. The lowest BCUT2D eigenvalue weighted by Crippen LogP contribution is -2.49. The van der Waals surface area contributed by atoms with Crippen molar-refractivity contribution >= 4 is 23.4 Å². The molecule has 2 saturated heterocycles. The van der Waals surface area contributed by atoms with E-state index in [4.69, 9.17) is 4.74 Å². The van der Waals surface area contributed by atoms with Crippen LogP contribution in [0.4, 0.5) is 20.6 Å². The highest BCUT2D eigenvalue weighted by atomic mass is 19.1. The smallest absolute Gasteiger partial charge is 0.414 e. The SMILES string of the molecule is Cc1ccccc1C(=O)N1CCN(c2ccc(N3C[C@H](Cn4ccnn4)OC3=O)cc2F)CC1. The highest BCUT2D eigenvalue weighted by Crippen LogP contribution is 2.29. The van der Waals surface area contributed by atoms with Gasteiger partial charge >= 0.3 is 6.09 Å². The molecule has 9 nitrogen and oxygen atoms in total. The third-order valence-electron chi connectivity index (χ3n) is 6.26. The van der Waals surface area contributed by atoms with Crippen molar-refractivity contribution in [2.45, 2.75) is 19.6 Å². The number of benzene rings is 2. The second kappa shape index (κ2) is 9.12. The summed E-state index contributed by atoms with van der Waals surface area (Å²) in [6.07, 6.45) is 2.34. The lowest BCUT2D eigenvalue weighted by atomic mass is 10.1. The molecule has 2 amide bonds. The van der Waals surface area contributed by atoms with Crippen LogP contribution < -0.4 is 9.80 Å². The van der Waals surface area contributed by atoms with Crippen molar-refractivity contribution in [2.24, 2.45) is 0 Å². The number of rotatable bonds is 5. The maximum atomic E-state index is 15.1. The van der Waals surface area contributed by atoms with Crippen LogP contribution >= 0.6 is 0 Å². The first-order valence-corrected chi connectivity index (χ1v) is 11.2. The number of hydrogen-bond donors (Lipinski definition) is 0. The van der Waals surface area contributed by atoms with Crippen molar-refractivity contribution in [3.05, 3.63) is 71.8 Å². The Labute approximate surface area is 196 Å². The van der Waals surface area contributed by atoms with Crippen LogP contribution in [0.2, 0.25) is 0 Å². The van der Waals surface area contributed by atoms with Gasteiger partial charge in [0.05, 0.1) is 30.7 Å². The minimum Gasteiger partial charge on any atom is -0.442 e. The van der Waals surface area contributed by atoms with E-state index in [0.717, 1.165) is 5.56 Å². The summed E-state index contributed by atoms with van der Waals surface area (Å²) in [6, 6.07) is 12.3. The molecule has 0 saturated carbocycles. The second-order valence-corrected chi connectivity index (χ2v) is 8.47. The van der Waals surface area contributed by atoms with Crippen LogP contribution in [0.1, 0.15) is 15.9 Å². The highest BCUT2D eigenvalue weighted by Gasteiger charge is 2.33. The van der Waals surface area contributed by atoms with Crippen LogP contribution in [-0.4, -0.2) is 70.7 Å². The zero-order valence-corrected chi connectivity index (χ0v) is 18.8. The predicted molar refractivity (Wildman–Crippen MR) is 123 cm³/mol. The van der Waals surface area contributed by atoms with Crippen molar-refractivity contribution in [2.75, 3.05) is 42.5 Å². The van der Waals surface area contributed by atoms with Crippen molar-refractivity contribution in [3.8, 4) is 0 Å². The molecule has 10 heteroatoms. The first kappa shape index (κ1) is 21.9. The second-order valence-electron chi connectivity index (χ2n) is 8.47. The van der Waals surface area contributed by atoms with Gasteiger partial charge in [-0.1, -0.05) is 23.4 Å². The molecule has 5 rings (SSSR count). The maximum Gasteiger partial charge on any atom is 0.414 e. The average molecular weight is 465 g/mol. The molecule has 3 heterocycles. The first-order chi connectivity index (χ1) is 16.5. The van der Waals surface area contributed by atoms with Gasteiger partial charge in [-0.15, -0.1) is 5.10 Å². The molecule has 0 unspecified atom stereocenters. The molecule has 2 aliphatic rings. The molecule has 1 aromatic heterocycles. The van der Waals surface area contributed by atoms with E-state index in [2.05, 4.69) is 10.3 Å². The zero-order valence-electron chi connectivity index (χ0n) is 18.8. The van der Waals surface area contributed by atoms with Gasteiger partial charge in [0.15, 0.2) is 0 Å². The molecule has 3 aromatic rings. The van der Waals surface area contributed by atoms with Crippen molar-refractivity contribution in [1.29, 1.82) is 0 Å². The Morgan fingerprint density at radius 1 is 1.15 bits per heavy atom. The van der Waals surface area contributed by atoms with Gasteiger partial charge in [-0.2, -0.15) is 0 Å². The van der Waals surface area contributed by atoms with Crippen LogP contribution in [0.15, 0.2) is 54.9 Å². The Hall–Kier alpha value is -3.95. The fourth-order valence-corrected chi connectivity index (χ4v) is 4.42. The van der Waals surface area contributed by atoms with Crippen LogP contribution in [-0.2, 0) is 11.3 Å². The van der Waals surface area contributed by atoms with Crippen LogP contribution in [0.25, 0.3) is 0 Å². The predicted octanol–water partition coefficient (Wildman–Crippen LogP) is 2.71. The normalized spacial score (nSPS) is 18.4. The van der Waals surface area contributed by atoms with E-state index in [1.54, 1.807) is 34.1 Å². The first-order valence-electron chi connectivity index (χ1n) is 11.2. The number of piperazine rings is 1. The molecule has 2 fully saturated rings. The van der Waals surface area contributed by atoms with E-state index in [9.17, 15) is 9.59 Å². The van der Waals surface area contributed by atoms with E-state index >= 15 is 4.39 Å². The number of carbonyl (C=O) groups excluding carboxylic acids is 2. The van der Waals surface area contributed by atoms with Gasteiger partial charge < -0.3 is 14.5 Å². The molecule has 2 aliphatic heterocycles. The monoisotopic (exact) mass is 464 g/mol. The number of nitrogens with zero attached hydrogens (tertiary/aromatic N) is 6. The van der Waals surface area contributed by atoms with Gasteiger partial charge in [0, 0.05) is 37.9 Å². The molecule has 2 aromatic carbocycles. The van der Waals surface area contributed by atoms with Gasteiger partial charge in [-0.05, 0) is 36.8 Å². The summed E-state index contributed by atoms with van der Waals surface area (Å²) < 4.78 is 22.1. The average Bonchev–Trinajstić information content (AvgIpc) is 3.48. The fourth-order valence-electron chi connectivity index (χ4n) is 4.42. The number of ether oxygens (including phenoxy) is 1. The number of anilines is 2. The third kappa shape index (κ3) is 4.30. The van der Waals surface area contributed by atoms with E-state index in [1.807, 2.05) is 36.1 Å². The fraction of sp³-hybridized carbons (Fsp3) is 0.333. The lowest BCUT2D eigenvalue weighted by molar-refractivity contribution is 0.0746. The van der Waals surface area contributed by atoms with Gasteiger partial charge in [-0.3, -0.25) is 9.69 Å². The summed E-state index contributed by atoms with van der Waals surface area (Å²) in [5.74, 6) is -0.412. The van der Waals surface area contributed by atoms with Crippen molar-refractivity contribution in [1.82, 2.24) is 19.9 Å². The quantitative estimate of drug-likeness (QED) is 0.578. The molecule has 0 N–H and O–H groups in total. The van der Waals surface area contributed by atoms with Crippen LogP contribution in [0.3, 0.4) is 0 Å². The molecule has 0 aliphatic carbocycles. The van der Waals surface area contributed by atoms with E-state index in [1.165, 1.54) is 11.0 Å². The molecular weight excluding hydrogens is 439 g/mol. The number of cyclic esters (lactones) is 1. The highest BCUT2D eigenvalue weighted by molar-refractivity contribution is 5.95. The number of carbonyl (C=O) groups is 2. The Bertz CT molecular complexity index is 1190. The molecule has 0 spiro atoms. The Morgan fingerprint density at radius 2 is 1.94 bits per heavy atom. The summed E-state index contributed by atoms with van der Waals surface area (Å²) in [4.78, 5) is 30.4. The van der Waals surface area contributed by atoms with Crippen molar-refractivity contribution < 1.29 is 18.7 Å². The van der Waals surface area contributed by atoms with Gasteiger partial charge in [0.1, 0.15) is 11.9 Å². The minimum absolute atomic E-state index is 0.00145. The maximum absolute atomic E-state index is 15.1. The number of hydrogen-bond acceptors (Lipinski definition) is 6. The Balaban J connectivity index is 1.22. The topological polar surface area (TPSA) is 83.8 Å². The van der Waals surface area contributed by atoms with Gasteiger partial charge in [0.2, 0.25) is 0 Å².